The third kappa shape index (κ3) is 3.20. The summed E-state index contributed by atoms with van der Waals surface area (Å²) in [6, 6.07) is 10.1. The van der Waals surface area contributed by atoms with Crippen LogP contribution in [0.25, 0.3) is 11.3 Å². The lowest BCUT2D eigenvalue weighted by Gasteiger charge is -2.15. The Kier molecular flexibility index (Phi) is 4.13. The van der Waals surface area contributed by atoms with Crippen LogP contribution in [0.3, 0.4) is 0 Å². The van der Waals surface area contributed by atoms with E-state index in [1.165, 1.54) is 11.1 Å². The highest BCUT2D eigenvalue weighted by Gasteiger charge is 2.08. The number of hydrogen-bond acceptors (Lipinski definition) is 4. The van der Waals surface area contributed by atoms with Crippen LogP contribution in [0, 0.1) is 13.8 Å². The third-order valence-electron chi connectivity index (χ3n) is 3.17. The second kappa shape index (κ2) is 5.82. The van der Waals surface area contributed by atoms with Crippen LogP contribution in [-0.2, 0) is 4.79 Å². The zero-order valence-electron chi connectivity index (χ0n) is 12.3. The molecule has 104 valence electrons. The number of carbonyl (C=O) groups is 1. The van der Waals surface area contributed by atoms with Gasteiger partial charge in [0.2, 0.25) is 0 Å². The summed E-state index contributed by atoms with van der Waals surface area (Å²) in [6.07, 6.45) is 0. The standard InChI is InChI=1S/C16H19N3O/c1-11-5-6-12(2)14(9-11)15-7-8-16(18-17-15)19(4)10-13(3)20/h5-9H,10H2,1-4H3. The number of aryl methyl sites for hydroxylation is 2. The summed E-state index contributed by atoms with van der Waals surface area (Å²) in [4.78, 5) is 12.9. The Labute approximate surface area is 119 Å². The van der Waals surface area contributed by atoms with E-state index in [4.69, 9.17) is 0 Å². The van der Waals surface area contributed by atoms with Gasteiger partial charge >= 0.3 is 0 Å². The summed E-state index contributed by atoms with van der Waals surface area (Å²) in [6.45, 7) is 6.03. The molecule has 0 bridgehead atoms. The summed E-state index contributed by atoms with van der Waals surface area (Å²) in [5.74, 6) is 0.808. The lowest BCUT2D eigenvalue weighted by molar-refractivity contribution is -0.115. The van der Waals surface area contributed by atoms with Gasteiger partial charge < -0.3 is 4.90 Å². The lowest BCUT2D eigenvalue weighted by atomic mass is 10.0. The van der Waals surface area contributed by atoms with Crippen molar-refractivity contribution >= 4 is 11.6 Å². The van der Waals surface area contributed by atoms with Crippen LogP contribution in [0.15, 0.2) is 30.3 Å². The molecule has 2 rings (SSSR count). The summed E-state index contributed by atoms with van der Waals surface area (Å²) in [7, 11) is 1.84. The fourth-order valence-electron chi connectivity index (χ4n) is 2.10. The number of Topliss-reactive ketones (excluding diaryl/α,β-unsaturated/α-hetero) is 1. The van der Waals surface area contributed by atoms with E-state index in [9.17, 15) is 4.79 Å². The van der Waals surface area contributed by atoms with Gasteiger partial charge in [0.05, 0.1) is 12.2 Å². The summed E-state index contributed by atoms with van der Waals surface area (Å²) in [5, 5.41) is 8.48. The summed E-state index contributed by atoms with van der Waals surface area (Å²) >= 11 is 0. The number of carbonyl (C=O) groups excluding carboxylic acids is 1. The Balaban J connectivity index is 2.28. The van der Waals surface area contributed by atoms with Crippen LogP contribution in [-0.4, -0.2) is 29.6 Å². The summed E-state index contributed by atoms with van der Waals surface area (Å²) in [5.41, 5.74) is 4.32. The maximum absolute atomic E-state index is 11.1. The molecule has 4 nitrogen and oxygen atoms in total. The van der Waals surface area contributed by atoms with E-state index in [1.54, 1.807) is 11.8 Å². The molecule has 0 fully saturated rings. The molecular weight excluding hydrogens is 250 g/mol. The summed E-state index contributed by atoms with van der Waals surface area (Å²) < 4.78 is 0. The zero-order valence-corrected chi connectivity index (χ0v) is 12.3. The smallest absolute Gasteiger partial charge is 0.151 e. The van der Waals surface area contributed by atoms with Crippen molar-refractivity contribution in [2.75, 3.05) is 18.5 Å². The molecule has 0 N–H and O–H groups in total. The van der Waals surface area contributed by atoms with E-state index in [1.807, 2.05) is 19.2 Å². The van der Waals surface area contributed by atoms with Crippen molar-refractivity contribution in [3.63, 3.8) is 0 Å². The van der Waals surface area contributed by atoms with E-state index < -0.39 is 0 Å². The van der Waals surface area contributed by atoms with Gasteiger partial charge in [-0.3, -0.25) is 4.79 Å². The Morgan fingerprint density at radius 1 is 1.15 bits per heavy atom. The SMILES string of the molecule is CC(=O)CN(C)c1ccc(-c2cc(C)ccc2C)nn1. The van der Waals surface area contributed by atoms with Crippen molar-refractivity contribution in [1.29, 1.82) is 0 Å². The third-order valence-corrected chi connectivity index (χ3v) is 3.17. The van der Waals surface area contributed by atoms with Gasteiger partial charge in [0.25, 0.3) is 0 Å². The minimum atomic E-state index is 0.105. The Morgan fingerprint density at radius 3 is 2.50 bits per heavy atom. The van der Waals surface area contributed by atoms with Crippen molar-refractivity contribution < 1.29 is 4.79 Å². The fourth-order valence-corrected chi connectivity index (χ4v) is 2.10. The maximum atomic E-state index is 11.1. The first kappa shape index (κ1) is 14.2. The maximum Gasteiger partial charge on any atom is 0.151 e. The van der Waals surface area contributed by atoms with Crippen LogP contribution in [0.4, 0.5) is 5.82 Å². The Hall–Kier alpha value is -2.23. The normalized spacial score (nSPS) is 10.4. The number of likely N-dealkylation sites (N-methyl/N-ethyl adjacent to an activating group) is 1. The molecule has 0 spiro atoms. The van der Waals surface area contributed by atoms with Gasteiger partial charge in [-0.25, -0.2) is 0 Å². The number of nitrogens with zero attached hydrogens (tertiary/aromatic N) is 3. The number of anilines is 1. The monoisotopic (exact) mass is 269 g/mol. The Morgan fingerprint density at radius 2 is 1.90 bits per heavy atom. The molecule has 4 heteroatoms. The molecule has 0 aliphatic rings. The average Bonchev–Trinajstić information content (AvgIpc) is 2.41. The highest BCUT2D eigenvalue weighted by molar-refractivity contribution is 5.80. The molecule has 1 aromatic carbocycles. The van der Waals surface area contributed by atoms with Gasteiger partial charge in [-0.15, -0.1) is 10.2 Å². The topological polar surface area (TPSA) is 46.1 Å². The molecule has 2 aromatic rings. The van der Waals surface area contributed by atoms with E-state index in [-0.39, 0.29) is 5.78 Å². The van der Waals surface area contributed by atoms with E-state index in [2.05, 4.69) is 42.2 Å². The molecule has 0 saturated heterocycles. The molecule has 0 atom stereocenters. The second-order valence-corrected chi connectivity index (χ2v) is 5.15. The van der Waals surface area contributed by atoms with E-state index >= 15 is 0 Å². The molecule has 0 aliphatic heterocycles. The molecule has 0 radical (unpaired) electrons. The minimum Gasteiger partial charge on any atom is -0.351 e. The number of rotatable bonds is 4. The largest absolute Gasteiger partial charge is 0.351 e. The van der Waals surface area contributed by atoms with Crippen LogP contribution in [0.1, 0.15) is 18.1 Å². The van der Waals surface area contributed by atoms with Gasteiger partial charge in [-0.1, -0.05) is 17.7 Å². The first-order chi connectivity index (χ1) is 9.47. The average molecular weight is 269 g/mol. The van der Waals surface area contributed by atoms with Gasteiger partial charge in [-0.2, -0.15) is 0 Å². The van der Waals surface area contributed by atoms with Crippen LogP contribution >= 0.6 is 0 Å². The van der Waals surface area contributed by atoms with Crippen LogP contribution in [0.5, 0.6) is 0 Å². The number of benzene rings is 1. The number of aromatic nitrogens is 2. The predicted molar refractivity (Wildman–Crippen MR) is 80.9 cm³/mol. The van der Waals surface area contributed by atoms with Gasteiger partial charge in [0.1, 0.15) is 5.78 Å². The molecule has 0 saturated carbocycles. The predicted octanol–water partition coefficient (Wildman–Crippen LogP) is 2.79. The van der Waals surface area contributed by atoms with Crippen molar-refractivity contribution in [2.45, 2.75) is 20.8 Å². The second-order valence-electron chi connectivity index (χ2n) is 5.15. The molecule has 0 aliphatic carbocycles. The van der Waals surface area contributed by atoms with Gasteiger partial charge in [0.15, 0.2) is 5.82 Å². The van der Waals surface area contributed by atoms with Gasteiger partial charge in [-0.05, 0) is 44.5 Å². The van der Waals surface area contributed by atoms with E-state index in [0.717, 1.165) is 11.3 Å². The molecule has 20 heavy (non-hydrogen) atoms. The quantitative estimate of drug-likeness (QED) is 0.856. The molecular formula is C16H19N3O. The number of ketones is 1. The highest BCUT2D eigenvalue weighted by Crippen LogP contribution is 2.23. The molecule has 1 heterocycles. The van der Waals surface area contributed by atoms with Crippen LogP contribution < -0.4 is 4.90 Å². The van der Waals surface area contributed by atoms with Crippen molar-refractivity contribution in [2.24, 2.45) is 0 Å². The molecule has 0 amide bonds. The van der Waals surface area contributed by atoms with Crippen molar-refractivity contribution in [3.05, 3.63) is 41.5 Å². The highest BCUT2D eigenvalue weighted by atomic mass is 16.1. The minimum absolute atomic E-state index is 0.105. The zero-order chi connectivity index (χ0) is 14.7. The molecule has 0 unspecified atom stereocenters. The van der Waals surface area contributed by atoms with E-state index in [0.29, 0.717) is 12.4 Å². The fraction of sp³-hybridized carbons (Fsp3) is 0.312. The van der Waals surface area contributed by atoms with Crippen molar-refractivity contribution in [3.8, 4) is 11.3 Å². The van der Waals surface area contributed by atoms with Gasteiger partial charge in [0, 0.05) is 12.6 Å². The molecule has 1 aromatic heterocycles. The lowest BCUT2D eigenvalue weighted by Crippen LogP contribution is -2.24. The number of hydrogen-bond donors (Lipinski definition) is 0. The first-order valence-corrected chi connectivity index (χ1v) is 6.59. The van der Waals surface area contributed by atoms with Crippen LogP contribution in [0.2, 0.25) is 0 Å². The Bertz CT molecular complexity index is 620. The van der Waals surface area contributed by atoms with Crippen molar-refractivity contribution in [1.82, 2.24) is 10.2 Å². The first-order valence-electron chi connectivity index (χ1n) is 6.59.